The summed E-state index contributed by atoms with van der Waals surface area (Å²) >= 11 is 3.61. The van der Waals surface area contributed by atoms with Crippen molar-refractivity contribution in [3.8, 4) is 0 Å². The first-order chi connectivity index (χ1) is 10.1. The number of aryl methyl sites for hydroxylation is 2. The second kappa shape index (κ2) is 7.97. The fourth-order valence-electron chi connectivity index (χ4n) is 2.24. The molecule has 1 heterocycles. The van der Waals surface area contributed by atoms with E-state index in [-0.39, 0.29) is 0 Å². The molecule has 0 saturated heterocycles. The monoisotopic (exact) mass is 320 g/mol. The molecule has 0 spiro atoms. The van der Waals surface area contributed by atoms with Crippen LogP contribution in [0, 0.1) is 13.8 Å². The summed E-state index contributed by atoms with van der Waals surface area (Å²) in [7, 11) is 0. The van der Waals surface area contributed by atoms with E-state index in [2.05, 4.69) is 67.6 Å². The first-order valence-electron chi connectivity index (χ1n) is 7.49. The maximum atomic E-state index is 4.57. The lowest BCUT2D eigenvalue weighted by Gasteiger charge is -2.25. The lowest BCUT2D eigenvalue weighted by atomic mass is 10.0. The van der Waals surface area contributed by atoms with E-state index < -0.39 is 0 Å². The molecule has 2 rings (SSSR count). The molecule has 1 N–H and O–H groups in total. The highest BCUT2D eigenvalue weighted by atomic mass is 32.2. The minimum absolute atomic E-state index is 0.361. The summed E-state index contributed by atoms with van der Waals surface area (Å²) in [5.41, 5.74) is 3.79. The van der Waals surface area contributed by atoms with Gasteiger partial charge in [0.2, 0.25) is 0 Å². The van der Waals surface area contributed by atoms with Crippen molar-refractivity contribution in [1.82, 2.24) is 10.3 Å². The smallest absolute Gasteiger partial charge is 0.150 e. The Kier molecular flexibility index (Phi) is 6.27. The molecular weight excluding hydrogens is 296 g/mol. The number of thioether (sulfide) groups is 1. The summed E-state index contributed by atoms with van der Waals surface area (Å²) in [4.78, 5) is 4.57. The molecule has 0 fully saturated rings. The lowest BCUT2D eigenvalue weighted by Crippen LogP contribution is -2.29. The number of hydrogen-bond acceptors (Lipinski definition) is 4. The number of benzene rings is 1. The molecule has 1 aromatic carbocycles. The largest absolute Gasteiger partial charge is 0.309 e. The third-order valence-electron chi connectivity index (χ3n) is 3.40. The Morgan fingerprint density at radius 2 is 1.95 bits per heavy atom. The summed E-state index contributed by atoms with van der Waals surface area (Å²) in [5.74, 6) is 0. The van der Waals surface area contributed by atoms with Crippen LogP contribution in [0.1, 0.15) is 43.1 Å². The van der Waals surface area contributed by atoms with E-state index in [4.69, 9.17) is 0 Å². The molecule has 21 heavy (non-hydrogen) atoms. The maximum Gasteiger partial charge on any atom is 0.150 e. The zero-order chi connectivity index (χ0) is 15.2. The van der Waals surface area contributed by atoms with Crippen molar-refractivity contribution >= 4 is 23.1 Å². The van der Waals surface area contributed by atoms with Gasteiger partial charge in [0, 0.05) is 22.4 Å². The third kappa shape index (κ3) is 4.83. The zero-order valence-corrected chi connectivity index (χ0v) is 14.9. The van der Waals surface area contributed by atoms with Crippen molar-refractivity contribution < 1.29 is 0 Å². The lowest BCUT2D eigenvalue weighted by molar-refractivity contribution is 0.528. The second-order valence-electron chi connectivity index (χ2n) is 5.42. The summed E-state index contributed by atoms with van der Waals surface area (Å²) in [6, 6.07) is 9.24. The van der Waals surface area contributed by atoms with Gasteiger partial charge in [0.25, 0.3) is 0 Å². The highest BCUT2D eigenvalue weighted by Gasteiger charge is 2.20. The maximum absolute atomic E-state index is 4.57. The van der Waals surface area contributed by atoms with Gasteiger partial charge < -0.3 is 5.32 Å². The summed E-state index contributed by atoms with van der Waals surface area (Å²) in [6.07, 6.45) is 1.15. The van der Waals surface area contributed by atoms with Gasteiger partial charge in [-0.05, 0) is 32.4 Å². The highest BCUT2D eigenvalue weighted by Crippen LogP contribution is 2.33. The molecule has 114 valence electrons. The van der Waals surface area contributed by atoms with Crippen LogP contribution in [0.4, 0.5) is 0 Å². The molecule has 0 aliphatic heterocycles. The highest BCUT2D eigenvalue weighted by molar-refractivity contribution is 8.01. The van der Waals surface area contributed by atoms with Gasteiger partial charge in [-0.3, -0.25) is 0 Å². The second-order valence-corrected chi connectivity index (χ2v) is 7.90. The molecule has 0 saturated carbocycles. The minimum Gasteiger partial charge on any atom is -0.309 e. The van der Waals surface area contributed by atoms with Crippen LogP contribution >= 0.6 is 23.1 Å². The van der Waals surface area contributed by atoms with Crippen LogP contribution in [-0.2, 0) is 0 Å². The Bertz CT molecular complexity index is 548. The summed E-state index contributed by atoms with van der Waals surface area (Å²) in [6.45, 7) is 9.73. The molecule has 4 heteroatoms. The Labute approximate surface area is 136 Å². The van der Waals surface area contributed by atoms with Crippen molar-refractivity contribution in [1.29, 1.82) is 0 Å². The van der Waals surface area contributed by atoms with Crippen LogP contribution in [0.5, 0.6) is 0 Å². The fraction of sp³-hybridized carbons (Fsp3) is 0.471. The summed E-state index contributed by atoms with van der Waals surface area (Å²) in [5, 5.41) is 6.26. The Morgan fingerprint density at radius 3 is 2.52 bits per heavy atom. The van der Waals surface area contributed by atoms with E-state index in [1.54, 1.807) is 11.3 Å². The summed E-state index contributed by atoms with van der Waals surface area (Å²) < 4.78 is 1.16. The van der Waals surface area contributed by atoms with Crippen molar-refractivity contribution in [2.24, 2.45) is 0 Å². The van der Waals surface area contributed by atoms with E-state index in [0.717, 1.165) is 23.0 Å². The molecule has 0 aliphatic rings. The van der Waals surface area contributed by atoms with Crippen LogP contribution in [0.15, 0.2) is 34.0 Å². The van der Waals surface area contributed by atoms with Gasteiger partial charge in [-0.2, -0.15) is 0 Å². The fourth-order valence-corrected chi connectivity index (χ4v) is 4.49. The molecule has 2 nitrogen and oxygen atoms in total. The SMILES string of the molecule is CCCNC(c1ccc(C)cc1)C(C)Sc1nc(C)cs1. The van der Waals surface area contributed by atoms with Gasteiger partial charge in [-0.15, -0.1) is 11.3 Å². The molecule has 2 unspecified atom stereocenters. The van der Waals surface area contributed by atoms with Crippen molar-refractivity contribution in [2.75, 3.05) is 6.54 Å². The molecule has 0 radical (unpaired) electrons. The Hall–Kier alpha value is -0.840. The number of thiazole rings is 1. The van der Waals surface area contributed by atoms with E-state index >= 15 is 0 Å². The number of rotatable bonds is 7. The Morgan fingerprint density at radius 1 is 1.24 bits per heavy atom. The van der Waals surface area contributed by atoms with Gasteiger partial charge in [0.05, 0.1) is 0 Å². The van der Waals surface area contributed by atoms with Gasteiger partial charge in [-0.1, -0.05) is 55.4 Å². The van der Waals surface area contributed by atoms with Crippen molar-refractivity contribution in [3.05, 3.63) is 46.5 Å². The topological polar surface area (TPSA) is 24.9 Å². The van der Waals surface area contributed by atoms with Crippen LogP contribution in [0.25, 0.3) is 0 Å². The standard InChI is InChI=1S/C17H24N2S2/c1-5-10-18-16(15-8-6-12(2)7-9-15)14(4)21-17-19-13(3)11-20-17/h6-9,11,14,16,18H,5,10H2,1-4H3. The molecule has 0 amide bonds. The minimum atomic E-state index is 0.361. The van der Waals surface area contributed by atoms with Crippen LogP contribution in [0.2, 0.25) is 0 Å². The zero-order valence-electron chi connectivity index (χ0n) is 13.2. The molecule has 2 atom stereocenters. The number of hydrogen-bond donors (Lipinski definition) is 1. The van der Waals surface area contributed by atoms with Crippen molar-refractivity contribution in [3.63, 3.8) is 0 Å². The van der Waals surface area contributed by atoms with Crippen LogP contribution in [0.3, 0.4) is 0 Å². The van der Waals surface area contributed by atoms with Gasteiger partial charge >= 0.3 is 0 Å². The van der Waals surface area contributed by atoms with E-state index in [0.29, 0.717) is 11.3 Å². The molecule has 0 bridgehead atoms. The normalized spacial score (nSPS) is 14.1. The number of aromatic nitrogens is 1. The Balaban J connectivity index is 2.12. The molecule has 2 aromatic rings. The first-order valence-corrected chi connectivity index (χ1v) is 9.24. The first kappa shape index (κ1) is 16.5. The van der Waals surface area contributed by atoms with E-state index in [1.165, 1.54) is 11.1 Å². The van der Waals surface area contributed by atoms with E-state index in [9.17, 15) is 0 Å². The molecule has 0 aliphatic carbocycles. The van der Waals surface area contributed by atoms with Gasteiger partial charge in [-0.25, -0.2) is 4.98 Å². The van der Waals surface area contributed by atoms with Gasteiger partial charge in [0.15, 0.2) is 0 Å². The predicted molar refractivity (Wildman–Crippen MR) is 94.4 cm³/mol. The third-order valence-corrected chi connectivity index (χ3v) is 5.67. The molecular formula is C17H24N2S2. The van der Waals surface area contributed by atoms with Gasteiger partial charge in [0.1, 0.15) is 4.34 Å². The van der Waals surface area contributed by atoms with Crippen LogP contribution in [-0.4, -0.2) is 16.8 Å². The quantitative estimate of drug-likeness (QED) is 0.728. The number of nitrogens with one attached hydrogen (secondary N) is 1. The van der Waals surface area contributed by atoms with E-state index in [1.807, 2.05) is 11.8 Å². The average Bonchev–Trinajstić information content (AvgIpc) is 2.86. The number of nitrogens with zero attached hydrogens (tertiary/aromatic N) is 1. The molecule has 1 aromatic heterocycles. The average molecular weight is 321 g/mol. The van der Waals surface area contributed by atoms with Crippen molar-refractivity contribution in [2.45, 2.75) is 49.7 Å². The van der Waals surface area contributed by atoms with Crippen LogP contribution < -0.4 is 5.32 Å². The predicted octanol–water partition coefficient (Wildman–Crippen LogP) is 4.98.